The highest BCUT2D eigenvalue weighted by Crippen LogP contribution is 2.24. The fourth-order valence-electron chi connectivity index (χ4n) is 3.41. The number of esters is 1. The van der Waals surface area contributed by atoms with Crippen LogP contribution in [0.3, 0.4) is 0 Å². The van der Waals surface area contributed by atoms with E-state index >= 15 is 0 Å². The van der Waals surface area contributed by atoms with Crippen LogP contribution in [0.25, 0.3) is 11.1 Å². The summed E-state index contributed by atoms with van der Waals surface area (Å²) in [4.78, 5) is 11.1. The van der Waals surface area contributed by atoms with E-state index in [-0.39, 0.29) is 12.1 Å². The van der Waals surface area contributed by atoms with E-state index in [1.165, 1.54) is 75.0 Å². The van der Waals surface area contributed by atoms with E-state index < -0.39 is 0 Å². The maximum atomic E-state index is 11.1. The maximum Gasteiger partial charge on any atom is 0.303 e. The maximum absolute atomic E-state index is 11.1. The zero-order valence-electron chi connectivity index (χ0n) is 17.2. The van der Waals surface area contributed by atoms with E-state index in [2.05, 4.69) is 43.3 Å². The van der Waals surface area contributed by atoms with E-state index in [1.54, 1.807) is 0 Å². The second kappa shape index (κ2) is 11.6. The average molecular weight is 367 g/mol. The molecular formula is C25H34O2. The van der Waals surface area contributed by atoms with Crippen molar-refractivity contribution in [2.75, 3.05) is 0 Å². The van der Waals surface area contributed by atoms with Crippen LogP contribution in [0.1, 0.15) is 82.9 Å². The molecule has 0 saturated heterocycles. The Kier molecular flexibility index (Phi) is 9.10. The van der Waals surface area contributed by atoms with Crippen LogP contribution in [0.2, 0.25) is 0 Å². The van der Waals surface area contributed by atoms with Gasteiger partial charge in [-0.15, -0.1) is 0 Å². The Balaban J connectivity index is 1.81. The SMILES string of the molecule is CCCCCCCCCc1ccc(-c2ccc(C(C)OC(C)=O)cc2)cc1. The molecule has 0 amide bonds. The molecular weight excluding hydrogens is 332 g/mol. The molecule has 0 aromatic heterocycles. The number of carbonyl (C=O) groups excluding carboxylic acids is 1. The van der Waals surface area contributed by atoms with Crippen LogP contribution >= 0.6 is 0 Å². The van der Waals surface area contributed by atoms with Crippen molar-refractivity contribution in [2.24, 2.45) is 0 Å². The summed E-state index contributed by atoms with van der Waals surface area (Å²) in [5.41, 5.74) is 4.86. The predicted molar refractivity (Wildman–Crippen MR) is 114 cm³/mol. The van der Waals surface area contributed by atoms with Gasteiger partial charge in [-0.05, 0) is 42.0 Å². The van der Waals surface area contributed by atoms with Crippen LogP contribution < -0.4 is 0 Å². The van der Waals surface area contributed by atoms with E-state index in [0.29, 0.717) is 0 Å². The fraction of sp³-hybridized carbons (Fsp3) is 0.480. The second-order valence-electron chi connectivity index (χ2n) is 7.44. The minimum atomic E-state index is -0.247. The van der Waals surface area contributed by atoms with Crippen molar-refractivity contribution >= 4 is 5.97 Å². The molecule has 0 aliphatic rings. The van der Waals surface area contributed by atoms with Crippen molar-refractivity contribution in [3.63, 3.8) is 0 Å². The first-order chi connectivity index (χ1) is 13.1. The summed E-state index contributed by atoms with van der Waals surface area (Å²) in [5, 5.41) is 0. The molecule has 0 heterocycles. The normalized spacial score (nSPS) is 12.0. The topological polar surface area (TPSA) is 26.3 Å². The molecule has 1 atom stereocenters. The molecule has 0 N–H and O–H groups in total. The third kappa shape index (κ3) is 7.58. The smallest absolute Gasteiger partial charge is 0.303 e. The van der Waals surface area contributed by atoms with Gasteiger partial charge >= 0.3 is 5.97 Å². The molecule has 0 aliphatic heterocycles. The zero-order valence-corrected chi connectivity index (χ0v) is 17.2. The number of hydrogen-bond donors (Lipinski definition) is 0. The van der Waals surface area contributed by atoms with Crippen molar-refractivity contribution in [1.29, 1.82) is 0 Å². The van der Waals surface area contributed by atoms with E-state index in [1.807, 2.05) is 19.1 Å². The largest absolute Gasteiger partial charge is 0.458 e. The Hall–Kier alpha value is -2.09. The summed E-state index contributed by atoms with van der Waals surface area (Å²) in [5.74, 6) is -0.247. The third-order valence-electron chi connectivity index (χ3n) is 5.08. The standard InChI is InChI=1S/C25H34O2/c1-4-5-6-7-8-9-10-11-22-12-14-24(15-13-22)25-18-16-23(17-19-25)20(2)27-21(3)26/h12-20H,4-11H2,1-3H3. The van der Waals surface area contributed by atoms with Crippen molar-refractivity contribution < 1.29 is 9.53 Å². The Bertz CT molecular complexity index is 670. The average Bonchev–Trinajstić information content (AvgIpc) is 2.67. The van der Waals surface area contributed by atoms with Gasteiger partial charge in [-0.1, -0.05) is 94.0 Å². The molecule has 2 nitrogen and oxygen atoms in total. The predicted octanol–water partition coefficient (Wildman–Crippen LogP) is 7.27. The number of rotatable bonds is 11. The molecule has 0 spiro atoms. The number of unbranched alkanes of at least 4 members (excludes halogenated alkanes) is 6. The van der Waals surface area contributed by atoms with Gasteiger partial charge in [0, 0.05) is 6.92 Å². The Morgan fingerprint density at radius 2 is 1.33 bits per heavy atom. The summed E-state index contributed by atoms with van der Waals surface area (Å²) < 4.78 is 5.23. The van der Waals surface area contributed by atoms with E-state index in [0.717, 1.165) is 5.56 Å². The van der Waals surface area contributed by atoms with Crippen LogP contribution in [0.4, 0.5) is 0 Å². The number of ether oxygens (including phenoxy) is 1. The molecule has 2 aromatic carbocycles. The van der Waals surface area contributed by atoms with Gasteiger partial charge < -0.3 is 4.74 Å². The van der Waals surface area contributed by atoms with Crippen LogP contribution in [0, 0.1) is 0 Å². The first-order valence-corrected chi connectivity index (χ1v) is 10.5. The highest BCUT2D eigenvalue weighted by molar-refractivity contribution is 5.67. The number of aryl methyl sites for hydroxylation is 1. The van der Waals surface area contributed by atoms with Crippen molar-refractivity contribution in [3.05, 3.63) is 59.7 Å². The van der Waals surface area contributed by atoms with Gasteiger partial charge in [-0.3, -0.25) is 4.79 Å². The molecule has 0 fully saturated rings. The lowest BCUT2D eigenvalue weighted by Gasteiger charge is -2.13. The molecule has 1 unspecified atom stereocenters. The highest BCUT2D eigenvalue weighted by Gasteiger charge is 2.08. The second-order valence-corrected chi connectivity index (χ2v) is 7.44. The third-order valence-corrected chi connectivity index (χ3v) is 5.08. The van der Waals surface area contributed by atoms with Crippen LogP contribution in [-0.2, 0) is 16.0 Å². The van der Waals surface area contributed by atoms with Gasteiger partial charge in [-0.2, -0.15) is 0 Å². The summed E-state index contributed by atoms with van der Waals surface area (Å²) in [6.07, 6.45) is 10.4. The van der Waals surface area contributed by atoms with Crippen LogP contribution in [-0.4, -0.2) is 5.97 Å². The Morgan fingerprint density at radius 3 is 1.89 bits per heavy atom. The number of hydrogen-bond acceptors (Lipinski definition) is 2. The zero-order chi connectivity index (χ0) is 19.5. The van der Waals surface area contributed by atoms with E-state index in [9.17, 15) is 4.79 Å². The Labute approximate surface area is 165 Å². The van der Waals surface area contributed by atoms with Gasteiger partial charge in [-0.25, -0.2) is 0 Å². The summed E-state index contributed by atoms with van der Waals surface area (Å²) in [7, 11) is 0. The van der Waals surface area contributed by atoms with Crippen LogP contribution in [0.5, 0.6) is 0 Å². The molecule has 0 aliphatic carbocycles. The van der Waals surface area contributed by atoms with Gasteiger partial charge in [0.1, 0.15) is 6.10 Å². The minimum Gasteiger partial charge on any atom is -0.458 e. The molecule has 0 bridgehead atoms. The molecule has 27 heavy (non-hydrogen) atoms. The highest BCUT2D eigenvalue weighted by atomic mass is 16.5. The van der Waals surface area contributed by atoms with Crippen molar-refractivity contribution in [1.82, 2.24) is 0 Å². The first kappa shape index (κ1) is 21.2. The lowest BCUT2D eigenvalue weighted by molar-refractivity contribution is -0.145. The summed E-state index contributed by atoms with van der Waals surface area (Å²) in [6, 6.07) is 17.2. The van der Waals surface area contributed by atoms with Gasteiger partial charge in [0.05, 0.1) is 0 Å². The van der Waals surface area contributed by atoms with Crippen molar-refractivity contribution in [2.45, 2.75) is 78.2 Å². The molecule has 2 aromatic rings. The molecule has 2 rings (SSSR count). The van der Waals surface area contributed by atoms with Crippen molar-refractivity contribution in [3.8, 4) is 11.1 Å². The minimum absolute atomic E-state index is 0.208. The van der Waals surface area contributed by atoms with Gasteiger partial charge in [0.2, 0.25) is 0 Å². The quantitative estimate of drug-likeness (QED) is 0.309. The lowest BCUT2D eigenvalue weighted by Crippen LogP contribution is -2.04. The van der Waals surface area contributed by atoms with Gasteiger partial charge in [0.15, 0.2) is 0 Å². The first-order valence-electron chi connectivity index (χ1n) is 10.5. The summed E-state index contributed by atoms with van der Waals surface area (Å²) >= 11 is 0. The number of carbonyl (C=O) groups is 1. The lowest BCUT2D eigenvalue weighted by atomic mass is 9.99. The van der Waals surface area contributed by atoms with Gasteiger partial charge in [0.25, 0.3) is 0 Å². The van der Waals surface area contributed by atoms with E-state index in [4.69, 9.17) is 4.74 Å². The fourth-order valence-corrected chi connectivity index (χ4v) is 3.41. The number of benzene rings is 2. The molecule has 2 heteroatoms. The summed E-state index contributed by atoms with van der Waals surface area (Å²) in [6.45, 7) is 5.61. The molecule has 0 radical (unpaired) electrons. The van der Waals surface area contributed by atoms with Crippen LogP contribution in [0.15, 0.2) is 48.5 Å². The molecule has 146 valence electrons. The Morgan fingerprint density at radius 1 is 0.815 bits per heavy atom. The molecule has 0 saturated carbocycles. The monoisotopic (exact) mass is 366 g/mol.